The summed E-state index contributed by atoms with van der Waals surface area (Å²) < 4.78 is 5.89. The van der Waals surface area contributed by atoms with Gasteiger partial charge in [-0.3, -0.25) is 29.1 Å². The molecular formula is C30H40N6O5. The molecule has 2 aromatic rings. The third-order valence-electron chi connectivity index (χ3n) is 7.78. The number of carbonyl (C=O) groups excluding carboxylic acids is 4. The lowest BCUT2D eigenvalue weighted by atomic mass is 9.97. The molecule has 3 atom stereocenters. The Balaban J connectivity index is 1.53. The molecule has 220 valence electrons. The molecule has 1 aromatic carbocycles. The van der Waals surface area contributed by atoms with Crippen LogP contribution in [0.15, 0.2) is 48.7 Å². The standard InChI is InChI=1S/C30H40N6O5/c1-4-21(2)27-30(40)34(3)17-18-41-25-11-6-5-10-23(25)28(38)32-24(19-26(37)33-27)29(39)36-15-13-35(14-16-36)20-22-9-7-8-12-31-22/h5-12,21,24,27H,4,13-20H2,1-3H3,(H,32,38)(H,33,37)/t21-,24+,27+/m1/s1. The van der Waals surface area contributed by atoms with E-state index < -0.39 is 23.9 Å². The number of aromatic nitrogens is 1. The minimum Gasteiger partial charge on any atom is -0.491 e. The monoisotopic (exact) mass is 564 g/mol. The molecule has 0 aliphatic carbocycles. The molecule has 1 fully saturated rings. The first-order valence-electron chi connectivity index (χ1n) is 14.2. The molecule has 3 heterocycles. The van der Waals surface area contributed by atoms with Gasteiger partial charge in [0.1, 0.15) is 24.4 Å². The molecule has 2 aliphatic rings. The van der Waals surface area contributed by atoms with Crippen LogP contribution in [0, 0.1) is 5.92 Å². The molecule has 11 nitrogen and oxygen atoms in total. The predicted molar refractivity (Wildman–Crippen MR) is 153 cm³/mol. The quantitative estimate of drug-likeness (QED) is 0.561. The number of fused-ring (bicyclic) bond motifs is 1. The number of para-hydroxylation sites is 1. The number of nitrogens with one attached hydrogen (secondary N) is 2. The molecule has 0 unspecified atom stereocenters. The number of nitrogens with zero attached hydrogens (tertiary/aromatic N) is 4. The van der Waals surface area contributed by atoms with E-state index in [1.54, 1.807) is 42.4 Å². The fourth-order valence-corrected chi connectivity index (χ4v) is 5.02. The molecule has 0 saturated carbocycles. The lowest BCUT2D eigenvalue weighted by molar-refractivity contribution is -0.139. The van der Waals surface area contributed by atoms with Gasteiger partial charge in [-0.25, -0.2) is 0 Å². The predicted octanol–water partition coefficient (Wildman–Crippen LogP) is 1.30. The van der Waals surface area contributed by atoms with Crippen LogP contribution in [0.4, 0.5) is 0 Å². The van der Waals surface area contributed by atoms with Crippen LogP contribution >= 0.6 is 0 Å². The summed E-state index contributed by atoms with van der Waals surface area (Å²) in [5.74, 6) is -1.30. The maximum Gasteiger partial charge on any atom is 0.255 e. The highest BCUT2D eigenvalue weighted by atomic mass is 16.5. The zero-order chi connectivity index (χ0) is 29.4. The zero-order valence-electron chi connectivity index (χ0n) is 24.0. The van der Waals surface area contributed by atoms with E-state index in [4.69, 9.17) is 4.74 Å². The van der Waals surface area contributed by atoms with Gasteiger partial charge in [0.2, 0.25) is 17.7 Å². The van der Waals surface area contributed by atoms with Crippen molar-refractivity contribution in [1.82, 2.24) is 30.3 Å². The lowest BCUT2D eigenvalue weighted by Gasteiger charge is -2.36. The van der Waals surface area contributed by atoms with Crippen LogP contribution in [0.1, 0.15) is 42.7 Å². The first-order valence-corrected chi connectivity index (χ1v) is 14.2. The molecule has 4 rings (SSSR count). The largest absolute Gasteiger partial charge is 0.491 e. The minimum atomic E-state index is -1.11. The second-order valence-corrected chi connectivity index (χ2v) is 10.7. The Bertz CT molecular complexity index is 1220. The van der Waals surface area contributed by atoms with Crippen LogP contribution in [0.25, 0.3) is 0 Å². The van der Waals surface area contributed by atoms with Gasteiger partial charge in [-0.1, -0.05) is 38.5 Å². The number of carbonyl (C=O) groups is 4. The van der Waals surface area contributed by atoms with E-state index in [0.717, 1.165) is 5.69 Å². The minimum absolute atomic E-state index is 0.126. The third kappa shape index (κ3) is 7.81. The Morgan fingerprint density at radius 1 is 1.02 bits per heavy atom. The Morgan fingerprint density at radius 3 is 2.46 bits per heavy atom. The summed E-state index contributed by atoms with van der Waals surface area (Å²) in [5.41, 5.74) is 1.22. The van der Waals surface area contributed by atoms with Crippen molar-refractivity contribution in [3.05, 3.63) is 59.9 Å². The summed E-state index contributed by atoms with van der Waals surface area (Å²) in [4.78, 5) is 63.5. The van der Waals surface area contributed by atoms with Gasteiger partial charge in [-0.05, 0) is 30.2 Å². The van der Waals surface area contributed by atoms with Crippen LogP contribution in [-0.4, -0.2) is 102 Å². The number of rotatable bonds is 5. The third-order valence-corrected chi connectivity index (χ3v) is 7.78. The van der Waals surface area contributed by atoms with Gasteiger partial charge in [-0.2, -0.15) is 0 Å². The van der Waals surface area contributed by atoms with Crippen molar-refractivity contribution in [2.45, 2.75) is 45.3 Å². The van der Waals surface area contributed by atoms with E-state index in [9.17, 15) is 19.2 Å². The van der Waals surface area contributed by atoms with Crippen molar-refractivity contribution >= 4 is 23.6 Å². The summed E-state index contributed by atoms with van der Waals surface area (Å²) in [5, 5.41) is 5.64. The maximum absolute atomic E-state index is 13.7. The second kappa shape index (κ2) is 14.1. The van der Waals surface area contributed by atoms with Crippen LogP contribution in [0.5, 0.6) is 5.75 Å². The first-order chi connectivity index (χ1) is 19.8. The molecule has 2 N–H and O–H groups in total. The average Bonchev–Trinajstić information content (AvgIpc) is 2.99. The molecule has 11 heteroatoms. The molecule has 0 spiro atoms. The number of benzene rings is 1. The van der Waals surface area contributed by atoms with Gasteiger partial charge in [0, 0.05) is 46.0 Å². The van der Waals surface area contributed by atoms with Crippen molar-refractivity contribution in [3.8, 4) is 5.75 Å². The van der Waals surface area contributed by atoms with Crippen molar-refractivity contribution in [1.29, 1.82) is 0 Å². The number of amides is 4. The summed E-state index contributed by atoms with van der Waals surface area (Å²) in [6.45, 7) is 7.18. The highest BCUT2D eigenvalue weighted by Gasteiger charge is 2.34. The number of likely N-dealkylation sites (N-methyl/N-ethyl adjacent to an activating group) is 1. The summed E-state index contributed by atoms with van der Waals surface area (Å²) in [7, 11) is 1.66. The van der Waals surface area contributed by atoms with E-state index in [2.05, 4.69) is 20.5 Å². The second-order valence-electron chi connectivity index (χ2n) is 10.7. The Morgan fingerprint density at radius 2 is 1.76 bits per heavy atom. The van der Waals surface area contributed by atoms with E-state index in [0.29, 0.717) is 44.9 Å². The van der Waals surface area contributed by atoms with E-state index in [-0.39, 0.29) is 42.9 Å². The van der Waals surface area contributed by atoms with Gasteiger partial charge in [0.15, 0.2) is 0 Å². The number of pyridine rings is 1. The summed E-state index contributed by atoms with van der Waals surface area (Å²) in [6.07, 6.45) is 2.15. The van der Waals surface area contributed by atoms with Gasteiger partial charge >= 0.3 is 0 Å². The molecular weight excluding hydrogens is 524 g/mol. The van der Waals surface area contributed by atoms with Crippen LogP contribution in [-0.2, 0) is 20.9 Å². The van der Waals surface area contributed by atoms with Crippen molar-refractivity contribution in [3.63, 3.8) is 0 Å². The number of ether oxygens (including phenoxy) is 1. The maximum atomic E-state index is 13.7. The van der Waals surface area contributed by atoms with Crippen LogP contribution in [0.3, 0.4) is 0 Å². The molecule has 1 aromatic heterocycles. The Hall–Kier alpha value is -3.99. The topological polar surface area (TPSA) is 124 Å². The van der Waals surface area contributed by atoms with E-state index >= 15 is 0 Å². The zero-order valence-corrected chi connectivity index (χ0v) is 24.0. The normalized spacial score (nSPS) is 22.1. The van der Waals surface area contributed by atoms with Crippen LogP contribution in [0.2, 0.25) is 0 Å². The molecule has 2 aliphatic heterocycles. The fraction of sp³-hybridized carbons (Fsp3) is 0.500. The number of piperazine rings is 1. The molecule has 41 heavy (non-hydrogen) atoms. The summed E-state index contributed by atoms with van der Waals surface area (Å²) >= 11 is 0. The number of hydrogen-bond donors (Lipinski definition) is 2. The Labute approximate surface area is 241 Å². The molecule has 0 bridgehead atoms. The SMILES string of the molecule is CC[C@@H](C)[C@@H]1NC(=O)C[C@@H](C(=O)N2CCN(Cc3ccccn3)CC2)NC(=O)c2ccccc2OCCN(C)C1=O. The van der Waals surface area contributed by atoms with Gasteiger partial charge < -0.3 is 25.2 Å². The average molecular weight is 565 g/mol. The van der Waals surface area contributed by atoms with Crippen molar-refractivity contribution in [2.75, 3.05) is 46.4 Å². The van der Waals surface area contributed by atoms with Crippen molar-refractivity contribution < 1.29 is 23.9 Å². The number of hydrogen-bond acceptors (Lipinski definition) is 7. The van der Waals surface area contributed by atoms with Gasteiger partial charge in [0.25, 0.3) is 5.91 Å². The highest BCUT2D eigenvalue weighted by molar-refractivity contribution is 6.01. The van der Waals surface area contributed by atoms with Crippen LogP contribution < -0.4 is 15.4 Å². The molecule has 0 radical (unpaired) electrons. The lowest BCUT2D eigenvalue weighted by Crippen LogP contribution is -2.57. The van der Waals surface area contributed by atoms with E-state index in [1.807, 2.05) is 32.0 Å². The van der Waals surface area contributed by atoms with Gasteiger partial charge in [-0.15, -0.1) is 0 Å². The summed E-state index contributed by atoms with van der Waals surface area (Å²) in [6, 6.07) is 10.7. The van der Waals surface area contributed by atoms with Gasteiger partial charge in [0.05, 0.1) is 24.2 Å². The van der Waals surface area contributed by atoms with E-state index in [1.165, 1.54) is 4.90 Å². The van der Waals surface area contributed by atoms with Crippen molar-refractivity contribution in [2.24, 2.45) is 5.92 Å². The smallest absolute Gasteiger partial charge is 0.255 e. The first kappa shape index (κ1) is 30.0. The molecule has 4 amide bonds. The highest BCUT2D eigenvalue weighted by Crippen LogP contribution is 2.20. The molecule has 1 saturated heterocycles. The Kier molecular flexibility index (Phi) is 10.3. The fourth-order valence-electron chi connectivity index (χ4n) is 5.02.